The number of sulfonamides is 1. The third-order valence-electron chi connectivity index (χ3n) is 5.88. The largest absolute Gasteiger partial charge is 0.494 e. The van der Waals surface area contributed by atoms with E-state index in [1.807, 2.05) is 13.8 Å². The maximum atomic E-state index is 13.5. The molecule has 32 heavy (non-hydrogen) atoms. The zero-order chi connectivity index (χ0) is 22.9. The van der Waals surface area contributed by atoms with Crippen LogP contribution in [-0.4, -0.2) is 51.0 Å². The SMILES string of the molecule is CCOc1ccc(N2C(=O)N(CC(=O)N3CCCC[C@H]3C)c3ccccc3S2(=O)=O)cc1. The molecule has 170 valence electrons. The van der Waals surface area contributed by atoms with Gasteiger partial charge in [0.05, 0.1) is 18.0 Å². The first-order valence-corrected chi connectivity index (χ1v) is 12.3. The van der Waals surface area contributed by atoms with E-state index in [9.17, 15) is 18.0 Å². The highest BCUT2D eigenvalue weighted by molar-refractivity contribution is 7.94. The summed E-state index contributed by atoms with van der Waals surface area (Å²) in [6.07, 6.45) is 2.91. The monoisotopic (exact) mass is 457 g/mol. The summed E-state index contributed by atoms with van der Waals surface area (Å²) < 4.78 is 32.9. The average Bonchev–Trinajstić information content (AvgIpc) is 2.78. The van der Waals surface area contributed by atoms with Crippen molar-refractivity contribution in [2.45, 2.75) is 44.0 Å². The van der Waals surface area contributed by atoms with Crippen LogP contribution in [0.15, 0.2) is 53.4 Å². The molecular formula is C23H27N3O5S. The molecule has 1 saturated heterocycles. The molecule has 1 atom stereocenters. The molecule has 0 aromatic heterocycles. The Hall–Kier alpha value is -3.07. The fraction of sp³-hybridized carbons (Fsp3) is 0.391. The van der Waals surface area contributed by atoms with E-state index < -0.39 is 16.1 Å². The number of hydrogen-bond acceptors (Lipinski definition) is 5. The van der Waals surface area contributed by atoms with E-state index in [0.29, 0.717) is 18.9 Å². The van der Waals surface area contributed by atoms with Crippen molar-refractivity contribution >= 4 is 33.3 Å². The number of likely N-dealkylation sites (tertiary alicyclic amines) is 1. The lowest BCUT2D eigenvalue weighted by Gasteiger charge is -2.38. The first-order chi connectivity index (χ1) is 15.3. The van der Waals surface area contributed by atoms with Crippen LogP contribution in [0.3, 0.4) is 0 Å². The van der Waals surface area contributed by atoms with Gasteiger partial charge in [-0.3, -0.25) is 9.69 Å². The van der Waals surface area contributed by atoms with Crippen LogP contribution in [0.4, 0.5) is 16.2 Å². The van der Waals surface area contributed by atoms with Crippen LogP contribution in [0.5, 0.6) is 5.75 Å². The van der Waals surface area contributed by atoms with Crippen LogP contribution in [-0.2, 0) is 14.8 Å². The molecule has 2 aliphatic heterocycles. The summed E-state index contributed by atoms with van der Waals surface area (Å²) in [7, 11) is -4.14. The molecule has 8 nitrogen and oxygen atoms in total. The maximum Gasteiger partial charge on any atom is 0.343 e. The third-order valence-corrected chi connectivity index (χ3v) is 7.63. The van der Waals surface area contributed by atoms with Crippen LogP contribution in [0.2, 0.25) is 0 Å². The molecule has 2 aromatic rings. The molecule has 0 bridgehead atoms. The quantitative estimate of drug-likeness (QED) is 0.684. The first kappa shape index (κ1) is 22.1. The summed E-state index contributed by atoms with van der Waals surface area (Å²) >= 11 is 0. The number of carbonyl (C=O) groups is 2. The highest BCUT2D eigenvalue weighted by Gasteiger charge is 2.43. The highest BCUT2D eigenvalue weighted by atomic mass is 32.2. The number of rotatable bonds is 5. The fourth-order valence-electron chi connectivity index (χ4n) is 4.25. The molecule has 2 aliphatic rings. The van der Waals surface area contributed by atoms with Crippen molar-refractivity contribution in [1.29, 1.82) is 0 Å². The minimum absolute atomic E-state index is 0.00650. The summed E-state index contributed by atoms with van der Waals surface area (Å²) in [6, 6.07) is 11.9. The molecule has 9 heteroatoms. The van der Waals surface area contributed by atoms with Crippen molar-refractivity contribution in [3.8, 4) is 5.75 Å². The molecule has 0 aliphatic carbocycles. The number of benzene rings is 2. The maximum absolute atomic E-state index is 13.5. The molecule has 0 saturated carbocycles. The Balaban J connectivity index is 1.72. The second-order valence-electron chi connectivity index (χ2n) is 7.96. The number of amides is 3. The minimum Gasteiger partial charge on any atom is -0.494 e. The van der Waals surface area contributed by atoms with Gasteiger partial charge in [0, 0.05) is 12.6 Å². The van der Waals surface area contributed by atoms with Gasteiger partial charge in [0.15, 0.2) is 0 Å². The van der Waals surface area contributed by atoms with Gasteiger partial charge < -0.3 is 9.64 Å². The van der Waals surface area contributed by atoms with Crippen LogP contribution < -0.4 is 13.9 Å². The van der Waals surface area contributed by atoms with E-state index in [1.165, 1.54) is 23.1 Å². The molecule has 0 spiro atoms. The third kappa shape index (κ3) is 3.92. The van der Waals surface area contributed by atoms with Gasteiger partial charge in [-0.2, -0.15) is 4.31 Å². The van der Waals surface area contributed by atoms with Gasteiger partial charge in [0.1, 0.15) is 17.2 Å². The summed E-state index contributed by atoms with van der Waals surface area (Å²) in [5.41, 5.74) is 0.412. The van der Waals surface area contributed by atoms with Crippen molar-refractivity contribution in [1.82, 2.24) is 4.90 Å². The Kier molecular flexibility index (Phi) is 6.10. The van der Waals surface area contributed by atoms with E-state index in [4.69, 9.17) is 4.74 Å². The Morgan fingerprint density at radius 3 is 2.50 bits per heavy atom. The number of urea groups is 1. The van der Waals surface area contributed by atoms with Crippen LogP contribution >= 0.6 is 0 Å². The number of nitrogens with zero attached hydrogens (tertiary/aromatic N) is 3. The lowest BCUT2D eigenvalue weighted by molar-refractivity contribution is -0.132. The number of piperidine rings is 1. The zero-order valence-electron chi connectivity index (χ0n) is 18.2. The van der Waals surface area contributed by atoms with Crippen molar-refractivity contribution in [3.05, 3.63) is 48.5 Å². The van der Waals surface area contributed by atoms with Crippen molar-refractivity contribution in [2.24, 2.45) is 0 Å². The van der Waals surface area contributed by atoms with Gasteiger partial charge in [0.2, 0.25) is 5.91 Å². The average molecular weight is 458 g/mol. The normalized spacial score (nSPS) is 20.1. The Morgan fingerprint density at radius 1 is 1.09 bits per heavy atom. The molecule has 2 heterocycles. The van der Waals surface area contributed by atoms with Crippen LogP contribution in [0.1, 0.15) is 33.1 Å². The molecule has 2 aromatic carbocycles. The predicted octanol–water partition coefficient (Wildman–Crippen LogP) is 3.62. The van der Waals surface area contributed by atoms with Crippen LogP contribution in [0.25, 0.3) is 0 Å². The Morgan fingerprint density at radius 2 is 1.81 bits per heavy atom. The van der Waals surface area contributed by atoms with E-state index in [0.717, 1.165) is 23.6 Å². The molecular weight excluding hydrogens is 430 g/mol. The van der Waals surface area contributed by atoms with Crippen molar-refractivity contribution < 1.29 is 22.7 Å². The zero-order valence-corrected chi connectivity index (χ0v) is 19.0. The van der Waals surface area contributed by atoms with Crippen LogP contribution in [0, 0.1) is 0 Å². The summed E-state index contributed by atoms with van der Waals surface area (Å²) in [5.74, 6) is 0.385. The van der Waals surface area contributed by atoms with Gasteiger partial charge in [-0.25, -0.2) is 13.2 Å². The van der Waals surface area contributed by atoms with Gasteiger partial charge in [0.25, 0.3) is 10.0 Å². The Labute approximate surface area is 188 Å². The van der Waals surface area contributed by atoms with Gasteiger partial charge in [-0.05, 0) is 69.5 Å². The van der Waals surface area contributed by atoms with Gasteiger partial charge >= 0.3 is 6.03 Å². The van der Waals surface area contributed by atoms with Crippen molar-refractivity contribution in [3.63, 3.8) is 0 Å². The fourth-order valence-corrected chi connectivity index (χ4v) is 5.85. The summed E-state index contributed by atoms with van der Waals surface area (Å²) in [5, 5.41) is 0. The number of anilines is 2. The smallest absolute Gasteiger partial charge is 0.343 e. The lowest BCUT2D eigenvalue weighted by Crippen LogP contribution is -2.55. The minimum atomic E-state index is -4.14. The molecule has 4 rings (SSSR count). The number of carbonyl (C=O) groups excluding carboxylic acids is 2. The second-order valence-corrected chi connectivity index (χ2v) is 9.72. The standard InChI is InChI=1S/C23H27N3O5S/c1-3-31-19-13-11-18(12-14-19)26-23(28)25(16-22(27)24-15-7-6-8-17(24)2)20-9-4-5-10-21(20)32(26,29)30/h4-5,9-14,17H,3,6-8,15-16H2,1-2H3/t17-/m1/s1. The molecule has 0 unspecified atom stereocenters. The number of para-hydroxylation sites is 1. The highest BCUT2D eigenvalue weighted by Crippen LogP contribution is 2.37. The van der Waals surface area contributed by atoms with Gasteiger partial charge in [-0.1, -0.05) is 12.1 Å². The summed E-state index contributed by atoms with van der Waals surface area (Å²) in [4.78, 5) is 29.6. The van der Waals surface area contributed by atoms with Gasteiger partial charge in [-0.15, -0.1) is 0 Å². The molecule has 0 N–H and O–H groups in total. The van der Waals surface area contributed by atoms with E-state index in [-0.39, 0.29) is 34.8 Å². The lowest BCUT2D eigenvalue weighted by atomic mass is 10.0. The second kappa shape index (κ2) is 8.82. The van der Waals surface area contributed by atoms with Crippen molar-refractivity contribution in [2.75, 3.05) is 28.9 Å². The molecule has 1 fully saturated rings. The molecule has 0 radical (unpaired) electrons. The molecule has 3 amide bonds. The number of hydrogen-bond donors (Lipinski definition) is 0. The predicted molar refractivity (Wildman–Crippen MR) is 121 cm³/mol. The van der Waals surface area contributed by atoms with E-state index in [2.05, 4.69) is 0 Å². The Bertz CT molecular complexity index is 1120. The topological polar surface area (TPSA) is 87.2 Å². The summed E-state index contributed by atoms with van der Waals surface area (Å²) in [6.45, 7) is 4.74. The number of fused-ring (bicyclic) bond motifs is 1. The first-order valence-electron chi connectivity index (χ1n) is 10.8. The number of ether oxygens (including phenoxy) is 1. The van der Waals surface area contributed by atoms with E-state index >= 15 is 0 Å². The van der Waals surface area contributed by atoms with E-state index in [1.54, 1.807) is 35.2 Å².